The lowest BCUT2D eigenvalue weighted by Gasteiger charge is -2.49. The lowest BCUT2D eigenvalue weighted by Crippen LogP contribution is -2.62. The number of hydrogen-bond donors (Lipinski definition) is 3. The Morgan fingerprint density at radius 2 is 2.06 bits per heavy atom. The normalized spacial score (nSPS) is 19.6. The molecule has 1 aliphatic carbocycles. The molecule has 2 atom stereocenters. The maximum absolute atomic E-state index is 15.2. The summed E-state index contributed by atoms with van der Waals surface area (Å²) in [4.78, 5) is 53.8. The highest BCUT2D eigenvalue weighted by atomic mass is 32.2. The van der Waals surface area contributed by atoms with E-state index in [1.807, 2.05) is 39.7 Å². The van der Waals surface area contributed by atoms with Crippen molar-refractivity contribution in [2.24, 2.45) is 21.8 Å². The summed E-state index contributed by atoms with van der Waals surface area (Å²) in [5.41, 5.74) is 15.2. The number of carboxylic acids is 1. The lowest BCUT2D eigenvalue weighted by molar-refractivity contribution is -0.663. The molecule has 5 heterocycles. The topological polar surface area (TPSA) is 182 Å². The Labute approximate surface area is 287 Å². The number of nitrogens with zero attached hydrogens (tertiary/aromatic N) is 6. The van der Waals surface area contributed by atoms with E-state index in [1.165, 1.54) is 29.8 Å². The molecule has 0 spiro atoms. The quantitative estimate of drug-likeness (QED) is 0.0657. The summed E-state index contributed by atoms with van der Waals surface area (Å²) in [5, 5.41) is 15.4. The minimum atomic E-state index is -1.22. The van der Waals surface area contributed by atoms with Crippen molar-refractivity contribution in [3.05, 3.63) is 88.1 Å². The molecule has 2 aliphatic heterocycles. The molecular formula is C33H32FN8O5S2+. The first-order valence-electron chi connectivity index (χ1n) is 15.5. The van der Waals surface area contributed by atoms with Gasteiger partial charge in [0.05, 0.1) is 23.9 Å². The molecule has 0 radical (unpaired) electrons. The molecule has 1 amide bonds. The fraction of sp³-hybridized carbons (Fsp3) is 0.303. The molecule has 3 aliphatic rings. The van der Waals surface area contributed by atoms with E-state index in [0.29, 0.717) is 28.3 Å². The monoisotopic (exact) mass is 703 g/mol. The number of amides is 1. The van der Waals surface area contributed by atoms with Gasteiger partial charge in [-0.2, -0.15) is 4.57 Å². The van der Waals surface area contributed by atoms with E-state index in [4.69, 9.17) is 16.3 Å². The fourth-order valence-electron chi connectivity index (χ4n) is 6.15. The summed E-state index contributed by atoms with van der Waals surface area (Å²) >= 11 is 2.56. The summed E-state index contributed by atoms with van der Waals surface area (Å²) < 4.78 is 19.0. The predicted octanol–water partition coefficient (Wildman–Crippen LogP) is 2.90. The number of carboxylic acid groups (broad SMARTS) is 1. The van der Waals surface area contributed by atoms with Crippen LogP contribution in [-0.2, 0) is 32.3 Å². The molecule has 3 aromatic heterocycles. The van der Waals surface area contributed by atoms with Gasteiger partial charge in [0, 0.05) is 52.6 Å². The standard InChI is InChI=1S/C33H31FN8O5S2/c1-47-39-27(23-16-49-33(36)38-23)26(43)12-21-30(44)42-28(32(45)46)19(15-48-31(21)42)14-40-9-2-3-24-25(40)8-10-41(24)13-18-5-4-17(11-22(18)34)29(35)37-20-6-7-20/h2-5,8-11,16,20-21,31H,6-7,12-15H2,1H3,(H4-,35,36,37,38,45,46)/p+1/b39-27-/t21-,31-/m1/s1. The molecule has 2 fully saturated rings. The van der Waals surface area contributed by atoms with Gasteiger partial charge in [-0.15, -0.1) is 23.1 Å². The van der Waals surface area contributed by atoms with Crippen LogP contribution in [0.5, 0.6) is 0 Å². The van der Waals surface area contributed by atoms with E-state index in [1.54, 1.807) is 17.5 Å². The Hall–Kier alpha value is -5.09. The first-order valence-corrected chi connectivity index (χ1v) is 17.4. The molecule has 16 heteroatoms. The number of carbonyl (C=O) groups is 3. The highest BCUT2D eigenvalue weighted by molar-refractivity contribution is 8.00. The Balaban J connectivity index is 1.09. The number of nitrogens with two attached hydrogens (primary N) is 2. The first kappa shape index (κ1) is 32.5. The number of thioether (sulfide) groups is 1. The zero-order valence-electron chi connectivity index (χ0n) is 26.3. The zero-order valence-corrected chi connectivity index (χ0v) is 27.9. The van der Waals surface area contributed by atoms with Gasteiger partial charge in [-0.3, -0.25) is 19.5 Å². The van der Waals surface area contributed by atoms with Crippen molar-refractivity contribution < 1.29 is 33.3 Å². The van der Waals surface area contributed by atoms with Crippen LogP contribution in [0.1, 0.15) is 36.1 Å². The number of anilines is 1. The average molecular weight is 704 g/mol. The number of rotatable bonds is 12. The van der Waals surface area contributed by atoms with Gasteiger partial charge in [0.1, 0.15) is 35.7 Å². The molecule has 49 heavy (non-hydrogen) atoms. The molecule has 1 saturated heterocycles. The van der Waals surface area contributed by atoms with E-state index >= 15 is 4.39 Å². The van der Waals surface area contributed by atoms with Crippen molar-refractivity contribution in [2.75, 3.05) is 18.6 Å². The van der Waals surface area contributed by atoms with Crippen molar-refractivity contribution in [1.29, 1.82) is 0 Å². The van der Waals surface area contributed by atoms with E-state index < -0.39 is 29.0 Å². The number of ketones is 1. The lowest BCUT2D eigenvalue weighted by atomic mass is 9.89. The van der Waals surface area contributed by atoms with Crippen LogP contribution in [0.2, 0.25) is 0 Å². The molecule has 1 aromatic carbocycles. The largest absolute Gasteiger partial charge is 0.477 e. The minimum Gasteiger partial charge on any atom is -0.477 e. The average Bonchev–Trinajstić information content (AvgIpc) is 3.64. The second-order valence-electron chi connectivity index (χ2n) is 12.0. The molecule has 5 N–H and O–H groups in total. The van der Waals surface area contributed by atoms with Gasteiger partial charge in [-0.1, -0.05) is 17.3 Å². The smallest absolute Gasteiger partial charge is 0.352 e. The molecule has 1 saturated carbocycles. The van der Waals surface area contributed by atoms with Crippen LogP contribution >= 0.6 is 23.1 Å². The second-order valence-corrected chi connectivity index (χ2v) is 14.0. The SMILES string of the molecule is CO/N=C(\C(=O)C[C@@H]1C(=O)N2C(C(=O)O)=C(C[n+]3cccc4c3ccn4Cc3ccc(C(N)=NC4CC4)cc3F)CS[C@H]12)c1csc(N)n1. The summed E-state index contributed by atoms with van der Waals surface area (Å²) in [6.45, 7) is 0.490. The third-order valence-electron chi connectivity index (χ3n) is 8.71. The van der Waals surface area contributed by atoms with Crippen molar-refractivity contribution in [3.63, 3.8) is 0 Å². The van der Waals surface area contributed by atoms with Gasteiger partial charge in [0.2, 0.25) is 11.4 Å². The van der Waals surface area contributed by atoms with Crippen LogP contribution in [-0.4, -0.2) is 73.0 Å². The summed E-state index contributed by atoms with van der Waals surface area (Å²) in [5.74, 6) is -2.54. The van der Waals surface area contributed by atoms with E-state index in [2.05, 4.69) is 15.1 Å². The van der Waals surface area contributed by atoms with Crippen molar-refractivity contribution >= 4 is 68.5 Å². The van der Waals surface area contributed by atoms with Gasteiger partial charge in [0.15, 0.2) is 29.4 Å². The Morgan fingerprint density at radius 3 is 2.76 bits per heavy atom. The van der Waals surface area contributed by atoms with Gasteiger partial charge in [-0.25, -0.2) is 14.2 Å². The van der Waals surface area contributed by atoms with Crippen molar-refractivity contribution in [3.8, 4) is 0 Å². The number of nitrogen functional groups attached to an aromatic ring is 1. The fourth-order valence-corrected chi connectivity index (χ4v) is 8.11. The number of β-lactam (4-membered cyclic amide) rings is 1. The number of pyridine rings is 1. The number of aromatic nitrogens is 3. The number of aliphatic carboxylic acids is 1. The van der Waals surface area contributed by atoms with Crippen LogP contribution in [0.4, 0.5) is 9.52 Å². The molecule has 0 unspecified atom stereocenters. The molecule has 252 valence electrons. The van der Waals surface area contributed by atoms with Crippen LogP contribution in [0.15, 0.2) is 75.6 Å². The van der Waals surface area contributed by atoms with Crippen LogP contribution in [0.25, 0.3) is 11.0 Å². The summed E-state index contributed by atoms with van der Waals surface area (Å²) in [7, 11) is 1.30. The molecular weight excluding hydrogens is 672 g/mol. The third kappa shape index (κ3) is 6.28. The Morgan fingerprint density at radius 1 is 1.24 bits per heavy atom. The van der Waals surface area contributed by atoms with Gasteiger partial charge in [-0.05, 0) is 25.0 Å². The number of aliphatic imine (C=N–C) groups is 1. The van der Waals surface area contributed by atoms with E-state index in [-0.39, 0.29) is 53.6 Å². The van der Waals surface area contributed by atoms with Gasteiger partial charge in [0.25, 0.3) is 0 Å². The molecule has 0 bridgehead atoms. The van der Waals surface area contributed by atoms with Gasteiger partial charge < -0.3 is 26.0 Å². The summed E-state index contributed by atoms with van der Waals surface area (Å²) in [6, 6.07) is 10.8. The second kappa shape index (κ2) is 13.1. The Bertz CT molecular complexity index is 2100. The highest BCUT2D eigenvalue weighted by Crippen LogP contribution is 2.45. The third-order valence-corrected chi connectivity index (χ3v) is 10.8. The number of oxime groups is 1. The van der Waals surface area contributed by atoms with Crippen LogP contribution in [0.3, 0.4) is 0 Å². The predicted molar refractivity (Wildman–Crippen MR) is 182 cm³/mol. The Kier molecular flexibility index (Phi) is 8.66. The van der Waals surface area contributed by atoms with Crippen molar-refractivity contribution in [1.82, 2.24) is 14.5 Å². The van der Waals surface area contributed by atoms with Gasteiger partial charge >= 0.3 is 5.97 Å². The number of Topliss-reactive ketones (excluding diaryl/α,β-unsaturated/α-hetero) is 1. The maximum Gasteiger partial charge on any atom is 0.352 e. The summed E-state index contributed by atoms with van der Waals surface area (Å²) in [6.07, 6.45) is 5.54. The zero-order chi connectivity index (χ0) is 34.4. The van der Waals surface area contributed by atoms with Crippen LogP contribution < -0.4 is 16.0 Å². The number of carbonyl (C=O) groups excluding carboxylic acids is 2. The molecule has 7 rings (SSSR count). The van der Waals surface area contributed by atoms with E-state index in [0.717, 1.165) is 35.2 Å². The molecule has 4 aromatic rings. The highest BCUT2D eigenvalue weighted by Gasteiger charge is 2.54. The number of thiazole rings is 1. The van der Waals surface area contributed by atoms with E-state index in [9.17, 15) is 19.5 Å². The first-order chi connectivity index (χ1) is 23.6. The van der Waals surface area contributed by atoms with Crippen molar-refractivity contribution in [2.45, 2.75) is 43.8 Å². The minimum absolute atomic E-state index is 0.0450. The number of benzene rings is 1. The maximum atomic E-state index is 15.2. The number of halogens is 1. The number of hydrogen-bond acceptors (Lipinski definition) is 10. The number of amidine groups is 1. The number of fused-ring (bicyclic) bond motifs is 2. The molecule has 13 nitrogen and oxygen atoms in total. The van der Waals surface area contributed by atoms with Crippen LogP contribution in [0, 0.1) is 11.7 Å².